The molecule has 0 aliphatic carbocycles. The lowest BCUT2D eigenvalue weighted by Crippen LogP contribution is -2.34. The smallest absolute Gasteiger partial charge is 0.413 e. The molecule has 0 bridgehead atoms. The Morgan fingerprint density at radius 3 is 2.39 bits per heavy atom. The van der Waals surface area contributed by atoms with Crippen LogP contribution in [-0.4, -0.2) is 44.9 Å². The quantitative estimate of drug-likeness (QED) is 0.759. The fourth-order valence-electron chi connectivity index (χ4n) is 1.60. The van der Waals surface area contributed by atoms with Gasteiger partial charge in [-0.25, -0.2) is 9.59 Å². The molecule has 126 valence electrons. The second-order valence-corrected chi connectivity index (χ2v) is 4.14. The van der Waals surface area contributed by atoms with E-state index in [0.717, 1.165) is 0 Å². The first kappa shape index (κ1) is 18.3. The van der Waals surface area contributed by atoms with Crippen LogP contribution in [-0.2, 0) is 14.3 Å². The molecule has 1 N–H and O–H groups in total. The van der Waals surface area contributed by atoms with Crippen molar-refractivity contribution in [1.29, 1.82) is 0 Å². The molecule has 0 aliphatic rings. The van der Waals surface area contributed by atoms with Crippen LogP contribution in [0.15, 0.2) is 18.2 Å². The van der Waals surface area contributed by atoms with E-state index in [2.05, 4.69) is 4.74 Å². The van der Waals surface area contributed by atoms with Crippen molar-refractivity contribution in [3.63, 3.8) is 0 Å². The third-order valence-electron chi connectivity index (χ3n) is 2.55. The zero-order valence-electron chi connectivity index (χ0n) is 13.2. The van der Waals surface area contributed by atoms with E-state index in [9.17, 15) is 14.4 Å². The summed E-state index contributed by atoms with van der Waals surface area (Å²) < 4.78 is 19.8. The van der Waals surface area contributed by atoms with Crippen molar-refractivity contribution < 1.29 is 33.3 Å². The van der Waals surface area contributed by atoms with E-state index >= 15 is 0 Å². The summed E-state index contributed by atoms with van der Waals surface area (Å²) in [7, 11) is 1.48. The first-order valence-electron chi connectivity index (χ1n) is 6.96. The maximum atomic E-state index is 11.9. The Kier molecular flexibility index (Phi) is 7.38. The van der Waals surface area contributed by atoms with Crippen LogP contribution in [0.1, 0.15) is 24.2 Å². The monoisotopic (exact) mass is 325 g/mol. The van der Waals surface area contributed by atoms with Gasteiger partial charge in [0, 0.05) is 0 Å². The predicted octanol–water partition coefficient (Wildman–Crippen LogP) is 1.52. The SMILES string of the molecule is CCOC(=O)NC(=O)COC(=O)c1ccc(OC)c(OCC)c1. The first-order valence-corrected chi connectivity index (χ1v) is 6.96. The highest BCUT2D eigenvalue weighted by molar-refractivity contribution is 5.95. The van der Waals surface area contributed by atoms with E-state index in [0.29, 0.717) is 18.1 Å². The number of carbonyl (C=O) groups excluding carboxylic acids is 3. The van der Waals surface area contributed by atoms with Crippen LogP contribution in [0, 0.1) is 0 Å². The Hall–Kier alpha value is -2.77. The van der Waals surface area contributed by atoms with Gasteiger partial charge in [-0.15, -0.1) is 0 Å². The Balaban J connectivity index is 2.62. The number of methoxy groups -OCH3 is 1. The molecule has 0 aromatic heterocycles. The molecule has 8 nitrogen and oxygen atoms in total. The van der Waals surface area contributed by atoms with E-state index in [-0.39, 0.29) is 12.2 Å². The number of nitrogens with one attached hydrogen (secondary N) is 1. The summed E-state index contributed by atoms with van der Waals surface area (Å²) >= 11 is 0. The highest BCUT2D eigenvalue weighted by Gasteiger charge is 2.15. The average Bonchev–Trinajstić information content (AvgIpc) is 2.53. The number of carbonyl (C=O) groups is 3. The van der Waals surface area contributed by atoms with Crippen LogP contribution in [0.5, 0.6) is 11.5 Å². The lowest BCUT2D eigenvalue weighted by Gasteiger charge is -2.11. The van der Waals surface area contributed by atoms with Crippen molar-refractivity contribution in [2.24, 2.45) is 0 Å². The summed E-state index contributed by atoms with van der Waals surface area (Å²) in [5.74, 6) is -0.646. The number of imide groups is 1. The van der Waals surface area contributed by atoms with Gasteiger partial charge in [0.05, 0.1) is 25.9 Å². The lowest BCUT2D eigenvalue weighted by molar-refractivity contribution is -0.123. The molecule has 0 fully saturated rings. The summed E-state index contributed by atoms with van der Waals surface area (Å²) in [6, 6.07) is 4.49. The Morgan fingerprint density at radius 2 is 1.78 bits per heavy atom. The molecule has 0 radical (unpaired) electrons. The molecule has 1 aromatic rings. The standard InChI is InChI=1S/C15H19NO7/c1-4-21-12-8-10(6-7-11(12)20-3)14(18)23-9-13(17)16-15(19)22-5-2/h6-8H,4-5,9H2,1-3H3,(H,16,17,19). The third kappa shape index (κ3) is 5.85. The van der Waals surface area contributed by atoms with Crippen LogP contribution in [0.4, 0.5) is 4.79 Å². The van der Waals surface area contributed by atoms with Gasteiger partial charge < -0.3 is 18.9 Å². The van der Waals surface area contributed by atoms with Crippen LogP contribution < -0.4 is 14.8 Å². The normalized spacial score (nSPS) is 9.70. The highest BCUT2D eigenvalue weighted by atomic mass is 16.6. The number of alkyl carbamates (subject to hydrolysis) is 1. The van der Waals surface area contributed by atoms with Crippen molar-refractivity contribution >= 4 is 18.0 Å². The first-order chi connectivity index (χ1) is 11.0. The van der Waals surface area contributed by atoms with Gasteiger partial charge in [-0.3, -0.25) is 10.1 Å². The number of benzene rings is 1. The van der Waals surface area contributed by atoms with E-state index in [1.165, 1.54) is 19.2 Å². The second kappa shape index (κ2) is 9.29. The van der Waals surface area contributed by atoms with Crippen LogP contribution in [0.2, 0.25) is 0 Å². The Labute approximate surface area is 133 Å². The molecule has 1 aromatic carbocycles. The molecule has 1 rings (SSSR count). The van der Waals surface area contributed by atoms with Gasteiger partial charge in [0.1, 0.15) is 0 Å². The van der Waals surface area contributed by atoms with Gasteiger partial charge in [0.2, 0.25) is 0 Å². The minimum atomic E-state index is -0.892. The van der Waals surface area contributed by atoms with E-state index < -0.39 is 24.6 Å². The second-order valence-electron chi connectivity index (χ2n) is 4.14. The van der Waals surface area contributed by atoms with E-state index in [4.69, 9.17) is 14.2 Å². The van der Waals surface area contributed by atoms with Crippen molar-refractivity contribution in [2.45, 2.75) is 13.8 Å². The van der Waals surface area contributed by atoms with Crippen molar-refractivity contribution in [3.8, 4) is 11.5 Å². The van der Waals surface area contributed by atoms with Crippen LogP contribution in [0.3, 0.4) is 0 Å². The fraction of sp³-hybridized carbons (Fsp3) is 0.400. The highest BCUT2D eigenvalue weighted by Crippen LogP contribution is 2.28. The molecule has 0 aliphatic heterocycles. The summed E-state index contributed by atoms with van der Waals surface area (Å²) in [5, 5.41) is 1.92. The van der Waals surface area contributed by atoms with Gasteiger partial charge in [-0.2, -0.15) is 0 Å². The molecule has 8 heteroatoms. The Morgan fingerprint density at radius 1 is 1.04 bits per heavy atom. The Bertz CT molecular complexity index is 571. The molecule has 23 heavy (non-hydrogen) atoms. The lowest BCUT2D eigenvalue weighted by atomic mass is 10.2. The number of ether oxygens (including phenoxy) is 4. The zero-order valence-corrected chi connectivity index (χ0v) is 13.2. The predicted molar refractivity (Wildman–Crippen MR) is 79.6 cm³/mol. The molecule has 0 atom stereocenters. The molecule has 0 saturated carbocycles. The van der Waals surface area contributed by atoms with Gasteiger partial charge >= 0.3 is 12.1 Å². The van der Waals surface area contributed by atoms with Crippen LogP contribution in [0.25, 0.3) is 0 Å². The third-order valence-corrected chi connectivity index (χ3v) is 2.55. The summed E-state index contributed by atoms with van der Waals surface area (Å²) in [6.07, 6.45) is -0.892. The summed E-state index contributed by atoms with van der Waals surface area (Å²) in [5.41, 5.74) is 0.193. The number of esters is 1. The van der Waals surface area contributed by atoms with Gasteiger partial charge in [-0.1, -0.05) is 0 Å². The largest absolute Gasteiger partial charge is 0.493 e. The fourth-order valence-corrected chi connectivity index (χ4v) is 1.60. The molecule has 2 amide bonds. The van der Waals surface area contributed by atoms with Gasteiger partial charge in [0.15, 0.2) is 18.1 Å². The number of hydrogen-bond acceptors (Lipinski definition) is 7. The molecular formula is C15H19NO7. The van der Waals surface area contributed by atoms with Crippen molar-refractivity contribution in [2.75, 3.05) is 26.9 Å². The molecule has 0 saturated heterocycles. The molecule has 0 spiro atoms. The van der Waals surface area contributed by atoms with E-state index in [1.807, 2.05) is 5.32 Å². The van der Waals surface area contributed by atoms with Crippen molar-refractivity contribution in [1.82, 2.24) is 5.32 Å². The number of rotatable bonds is 7. The molecular weight excluding hydrogens is 306 g/mol. The maximum Gasteiger partial charge on any atom is 0.413 e. The van der Waals surface area contributed by atoms with Gasteiger partial charge in [-0.05, 0) is 32.0 Å². The van der Waals surface area contributed by atoms with E-state index in [1.54, 1.807) is 19.9 Å². The minimum absolute atomic E-state index is 0.130. The molecule has 0 heterocycles. The van der Waals surface area contributed by atoms with Crippen LogP contribution >= 0.6 is 0 Å². The van der Waals surface area contributed by atoms with Crippen molar-refractivity contribution in [3.05, 3.63) is 23.8 Å². The zero-order chi connectivity index (χ0) is 17.2. The average molecular weight is 325 g/mol. The molecule has 0 unspecified atom stereocenters. The topological polar surface area (TPSA) is 100 Å². The summed E-state index contributed by atoms with van der Waals surface area (Å²) in [6.45, 7) is 3.32. The minimum Gasteiger partial charge on any atom is -0.493 e. The maximum absolute atomic E-state index is 11.9. The van der Waals surface area contributed by atoms with Gasteiger partial charge in [0.25, 0.3) is 5.91 Å². The summed E-state index contributed by atoms with van der Waals surface area (Å²) in [4.78, 5) is 34.3. The number of hydrogen-bond donors (Lipinski definition) is 1. The number of amides is 2.